The van der Waals surface area contributed by atoms with Gasteiger partial charge in [-0.15, -0.1) is 0 Å². The van der Waals surface area contributed by atoms with Crippen molar-refractivity contribution in [2.45, 2.75) is 51.6 Å². The zero-order valence-corrected chi connectivity index (χ0v) is 15.3. The molecule has 1 aliphatic carbocycles. The summed E-state index contributed by atoms with van der Waals surface area (Å²) in [5.41, 5.74) is 1.94. The highest BCUT2D eigenvalue weighted by atomic mass is 16.5. The molecule has 1 fully saturated rings. The van der Waals surface area contributed by atoms with E-state index in [0.717, 1.165) is 42.2 Å². The van der Waals surface area contributed by atoms with E-state index in [9.17, 15) is 9.59 Å². The van der Waals surface area contributed by atoms with Gasteiger partial charge in [-0.3, -0.25) is 4.79 Å². The zero-order valence-electron chi connectivity index (χ0n) is 15.3. The maximum absolute atomic E-state index is 12.5. The molecule has 5 nitrogen and oxygen atoms in total. The van der Waals surface area contributed by atoms with E-state index < -0.39 is 0 Å². The van der Waals surface area contributed by atoms with E-state index in [0.29, 0.717) is 24.4 Å². The van der Waals surface area contributed by atoms with Crippen molar-refractivity contribution in [2.24, 2.45) is 5.92 Å². The molecule has 0 unspecified atom stereocenters. The first kappa shape index (κ1) is 17.3. The average Bonchev–Trinajstić information content (AvgIpc) is 3.09. The smallest absolute Gasteiger partial charge is 0.339 e. The third-order valence-corrected chi connectivity index (χ3v) is 5.48. The number of rotatable bonds is 4. The Balaban J connectivity index is 1.49. The highest BCUT2D eigenvalue weighted by Gasteiger charge is 2.32. The van der Waals surface area contributed by atoms with Crippen LogP contribution in [0.2, 0.25) is 0 Å². The van der Waals surface area contributed by atoms with Crippen molar-refractivity contribution >= 4 is 16.8 Å². The molecule has 0 N–H and O–H groups in total. The van der Waals surface area contributed by atoms with Gasteiger partial charge in [0, 0.05) is 29.5 Å². The second-order valence-corrected chi connectivity index (χ2v) is 7.91. The normalized spacial score (nSPS) is 21.5. The second-order valence-electron chi connectivity index (χ2n) is 7.91. The minimum absolute atomic E-state index is 0.0274. The Morgan fingerprint density at radius 2 is 2.08 bits per heavy atom. The van der Waals surface area contributed by atoms with E-state index in [4.69, 9.17) is 13.9 Å². The molecular weight excluding hydrogens is 332 g/mol. The van der Waals surface area contributed by atoms with Crippen LogP contribution in [0.25, 0.3) is 11.0 Å². The van der Waals surface area contributed by atoms with Crippen molar-refractivity contribution in [2.75, 3.05) is 13.2 Å². The van der Waals surface area contributed by atoms with Crippen LogP contribution in [0.3, 0.4) is 0 Å². The largest absolute Gasteiger partial charge is 0.486 e. The number of Topliss-reactive ketones (excluding diaryl/α,β-unsaturated/α-hetero) is 1. The van der Waals surface area contributed by atoms with Gasteiger partial charge in [-0.1, -0.05) is 0 Å². The Kier molecular flexibility index (Phi) is 4.35. The molecule has 26 heavy (non-hydrogen) atoms. The van der Waals surface area contributed by atoms with Crippen molar-refractivity contribution in [3.8, 4) is 5.75 Å². The van der Waals surface area contributed by atoms with Crippen LogP contribution in [0.15, 0.2) is 27.4 Å². The van der Waals surface area contributed by atoms with Crippen molar-refractivity contribution in [1.29, 1.82) is 0 Å². The summed E-state index contributed by atoms with van der Waals surface area (Å²) >= 11 is 0. The zero-order chi connectivity index (χ0) is 18.3. The van der Waals surface area contributed by atoms with Gasteiger partial charge in [-0.2, -0.15) is 0 Å². The summed E-state index contributed by atoms with van der Waals surface area (Å²) in [7, 11) is 0. The molecule has 0 bridgehead atoms. The predicted octanol–water partition coefficient (Wildman–Crippen LogP) is 3.43. The van der Waals surface area contributed by atoms with E-state index in [1.54, 1.807) is 6.07 Å². The molecule has 1 aliphatic heterocycles. The molecule has 4 rings (SSSR count). The van der Waals surface area contributed by atoms with Gasteiger partial charge in [0.15, 0.2) is 5.78 Å². The Morgan fingerprint density at radius 3 is 2.88 bits per heavy atom. The van der Waals surface area contributed by atoms with Crippen LogP contribution in [0, 0.1) is 5.92 Å². The van der Waals surface area contributed by atoms with Gasteiger partial charge >= 0.3 is 5.63 Å². The third-order valence-electron chi connectivity index (χ3n) is 5.48. The van der Waals surface area contributed by atoms with E-state index >= 15 is 0 Å². The molecule has 1 saturated heterocycles. The fraction of sp³-hybridized carbons (Fsp3) is 0.524. The van der Waals surface area contributed by atoms with Crippen LogP contribution in [-0.4, -0.2) is 24.6 Å². The van der Waals surface area contributed by atoms with Crippen LogP contribution in [0.5, 0.6) is 5.75 Å². The lowest BCUT2D eigenvalue weighted by Crippen LogP contribution is -2.38. The molecule has 0 spiro atoms. The van der Waals surface area contributed by atoms with Crippen molar-refractivity contribution < 1.29 is 18.7 Å². The maximum atomic E-state index is 12.5. The summed E-state index contributed by atoms with van der Waals surface area (Å²) in [6.45, 7) is 4.66. The molecule has 2 aliphatic rings. The van der Waals surface area contributed by atoms with Gasteiger partial charge in [0.1, 0.15) is 17.9 Å². The van der Waals surface area contributed by atoms with E-state index in [1.165, 1.54) is 0 Å². The topological polar surface area (TPSA) is 65.7 Å². The molecule has 138 valence electrons. The first-order valence-electron chi connectivity index (χ1n) is 9.31. The number of fused-ring (bicyclic) bond motifs is 3. The third kappa shape index (κ3) is 3.28. The summed E-state index contributed by atoms with van der Waals surface area (Å²) in [6, 6.07) is 5.50. The molecule has 1 aromatic carbocycles. The number of ketones is 1. The average molecular weight is 356 g/mol. The minimum atomic E-state index is -0.259. The molecule has 0 amide bonds. The van der Waals surface area contributed by atoms with Gasteiger partial charge in [0.05, 0.1) is 5.60 Å². The maximum Gasteiger partial charge on any atom is 0.339 e. The monoisotopic (exact) mass is 356 g/mol. The summed E-state index contributed by atoms with van der Waals surface area (Å²) in [5.74, 6) is 0.621. The fourth-order valence-corrected chi connectivity index (χ4v) is 4.13. The summed E-state index contributed by atoms with van der Waals surface area (Å²) in [4.78, 5) is 24.6. The molecule has 0 radical (unpaired) electrons. The van der Waals surface area contributed by atoms with Crippen molar-refractivity contribution in [3.63, 3.8) is 0 Å². The van der Waals surface area contributed by atoms with Crippen LogP contribution in [-0.2, 0) is 22.4 Å². The van der Waals surface area contributed by atoms with Crippen LogP contribution in [0.4, 0.5) is 0 Å². The number of hydrogen-bond acceptors (Lipinski definition) is 5. The lowest BCUT2D eigenvalue weighted by molar-refractivity contribution is -0.135. The Bertz CT molecular complexity index is 908. The second kappa shape index (κ2) is 6.54. The number of hydrogen-bond donors (Lipinski definition) is 0. The first-order valence-corrected chi connectivity index (χ1v) is 9.31. The molecule has 2 aromatic rings. The predicted molar refractivity (Wildman–Crippen MR) is 97.8 cm³/mol. The number of ether oxygens (including phenoxy) is 2. The lowest BCUT2D eigenvalue weighted by atomic mass is 9.86. The van der Waals surface area contributed by atoms with Gasteiger partial charge in [-0.05, 0) is 63.6 Å². The fourth-order valence-electron chi connectivity index (χ4n) is 4.13. The van der Waals surface area contributed by atoms with Crippen molar-refractivity contribution in [1.82, 2.24) is 0 Å². The quantitative estimate of drug-likeness (QED) is 0.785. The van der Waals surface area contributed by atoms with Gasteiger partial charge in [0.2, 0.25) is 0 Å². The van der Waals surface area contributed by atoms with Crippen LogP contribution in [0.1, 0.15) is 44.2 Å². The summed E-state index contributed by atoms with van der Waals surface area (Å²) < 4.78 is 16.8. The Hall–Kier alpha value is -2.14. The van der Waals surface area contributed by atoms with Crippen LogP contribution < -0.4 is 10.4 Å². The molecule has 5 heteroatoms. The van der Waals surface area contributed by atoms with Crippen LogP contribution >= 0.6 is 0 Å². The molecule has 2 heterocycles. The molecule has 1 atom stereocenters. The molecule has 0 saturated carbocycles. The first-order chi connectivity index (χ1) is 12.4. The SMILES string of the molecule is CC1(C)C[C@@H](C(=O)COc2ccc3c4c(c(=O)oc3c2)CCC4)CCO1. The Labute approximate surface area is 152 Å². The van der Waals surface area contributed by atoms with E-state index in [2.05, 4.69) is 0 Å². The lowest BCUT2D eigenvalue weighted by Gasteiger charge is -2.34. The molecule has 1 aromatic heterocycles. The standard InChI is InChI=1S/C21H24O5/c1-21(2)11-13(8-9-25-21)18(22)12-24-14-6-7-16-15-4-3-5-17(15)20(23)26-19(16)10-14/h6-7,10,13H,3-5,8-9,11-12H2,1-2H3/t13-/m0/s1. The van der Waals surface area contributed by atoms with E-state index in [-0.39, 0.29) is 29.5 Å². The number of carbonyl (C=O) groups is 1. The molecular formula is C21H24O5. The number of benzene rings is 1. The van der Waals surface area contributed by atoms with Gasteiger partial charge in [-0.25, -0.2) is 4.79 Å². The number of aryl methyl sites for hydroxylation is 1. The summed E-state index contributed by atoms with van der Waals surface area (Å²) in [5, 5.41) is 0.974. The highest BCUT2D eigenvalue weighted by Crippen LogP contribution is 2.31. The van der Waals surface area contributed by atoms with Gasteiger partial charge < -0.3 is 13.9 Å². The number of carbonyl (C=O) groups excluding carboxylic acids is 1. The summed E-state index contributed by atoms with van der Waals surface area (Å²) in [6.07, 6.45) is 4.16. The Morgan fingerprint density at radius 1 is 1.27 bits per heavy atom. The van der Waals surface area contributed by atoms with Gasteiger partial charge in [0.25, 0.3) is 0 Å². The van der Waals surface area contributed by atoms with Crippen molar-refractivity contribution in [3.05, 3.63) is 39.7 Å². The minimum Gasteiger partial charge on any atom is -0.486 e. The highest BCUT2D eigenvalue weighted by molar-refractivity contribution is 5.84. The van der Waals surface area contributed by atoms with E-state index in [1.807, 2.05) is 26.0 Å².